The van der Waals surface area contributed by atoms with Crippen LogP contribution in [0.1, 0.15) is 50.0 Å². The summed E-state index contributed by atoms with van der Waals surface area (Å²) in [5, 5.41) is 35.5. The van der Waals surface area contributed by atoms with E-state index >= 15 is 0 Å². The number of aliphatic hydroxyl groups is 1. The molecule has 3 N–H and O–H groups in total. The minimum absolute atomic E-state index is 0.0277. The first-order valence-corrected chi connectivity index (χ1v) is 14.6. The summed E-state index contributed by atoms with van der Waals surface area (Å²) in [5.74, 6) is -1.73. The molecule has 0 saturated heterocycles. The molecule has 0 bridgehead atoms. The molecule has 2 heterocycles. The molecule has 1 unspecified atom stereocenters. The van der Waals surface area contributed by atoms with Crippen molar-refractivity contribution in [1.82, 2.24) is 19.9 Å². The number of hydrogen-bond acceptors (Lipinski definition) is 8. The van der Waals surface area contributed by atoms with Crippen molar-refractivity contribution in [3.05, 3.63) is 106 Å². The van der Waals surface area contributed by atoms with Crippen LogP contribution in [0, 0.1) is 13.8 Å². The molecule has 0 spiro atoms. The van der Waals surface area contributed by atoms with Crippen LogP contribution in [0.4, 0.5) is 13.2 Å². The SMILES string of the molecule is Cc1c(C(=O)O)cccc1C(=O)O.Cc1cc(-c2nc(-c3ccc(SC(F)(F)F)cc3)no2)nn1Cc1cccc(CC(C)O)c1. The number of carboxylic acid groups (broad SMARTS) is 2. The zero-order valence-corrected chi connectivity index (χ0v) is 25.6. The summed E-state index contributed by atoms with van der Waals surface area (Å²) in [4.78, 5) is 25.6. The number of hydrogen-bond donors (Lipinski definition) is 3. The first-order chi connectivity index (χ1) is 21.7. The van der Waals surface area contributed by atoms with Gasteiger partial charge in [0.25, 0.3) is 5.89 Å². The van der Waals surface area contributed by atoms with Crippen LogP contribution in [-0.2, 0) is 13.0 Å². The third-order valence-corrected chi connectivity index (χ3v) is 7.36. The van der Waals surface area contributed by atoms with E-state index in [4.69, 9.17) is 14.7 Å². The number of alkyl halides is 3. The number of thioether (sulfide) groups is 1. The van der Waals surface area contributed by atoms with Gasteiger partial charge in [-0.25, -0.2) is 9.59 Å². The first kappa shape index (κ1) is 33.9. The van der Waals surface area contributed by atoms with Crippen LogP contribution in [-0.4, -0.2) is 58.8 Å². The lowest BCUT2D eigenvalue weighted by molar-refractivity contribution is -0.0328. The number of halogens is 3. The Kier molecular flexibility index (Phi) is 10.6. The maximum absolute atomic E-state index is 12.5. The Balaban J connectivity index is 0.000000310. The van der Waals surface area contributed by atoms with E-state index in [1.165, 1.54) is 49.4 Å². The van der Waals surface area contributed by atoms with Crippen molar-refractivity contribution in [2.24, 2.45) is 0 Å². The molecule has 14 heteroatoms. The normalized spacial score (nSPS) is 11.9. The number of carboxylic acids is 2. The highest BCUT2D eigenvalue weighted by molar-refractivity contribution is 8.00. The van der Waals surface area contributed by atoms with Gasteiger partial charge in [-0.2, -0.15) is 23.3 Å². The highest BCUT2D eigenvalue weighted by atomic mass is 32.2. The smallest absolute Gasteiger partial charge is 0.446 e. The summed E-state index contributed by atoms with van der Waals surface area (Å²) in [6.45, 7) is 5.70. The molecule has 0 radical (unpaired) electrons. The zero-order valence-electron chi connectivity index (χ0n) is 24.8. The molecule has 0 amide bonds. The molecule has 5 aromatic rings. The fraction of sp³-hybridized carbons (Fsp3) is 0.219. The predicted octanol–water partition coefficient (Wildman–Crippen LogP) is 6.88. The minimum Gasteiger partial charge on any atom is -0.478 e. The zero-order chi connectivity index (χ0) is 33.6. The van der Waals surface area contributed by atoms with Gasteiger partial charge in [0, 0.05) is 16.2 Å². The van der Waals surface area contributed by atoms with Gasteiger partial charge in [-0.15, -0.1) is 0 Å². The lowest BCUT2D eigenvalue weighted by Crippen LogP contribution is -2.07. The molecule has 0 saturated carbocycles. The van der Waals surface area contributed by atoms with Gasteiger partial charge in [0.2, 0.25) is 5.82 Å². The van der Waals surface area contributed by atoms with Crippen molar-refractivity contribution < 1.29 is 42.6 Å². The van der Waals surface area contributed by atoms with Gasteiger partial charge in [0.1, 0.15) is 0 Å². The minimum atomic E-state index is -4.34. The molecular weight excluding hydrogens is 625 g/mol. The third kappa shape index (κ3) is 9.05. The number of carbonyl (C=O) groups is 2. The first-order valence-electron chi connectivity index (χ1n) is 13.8. The van der Waals surface area contributed by atoms with E-state index < -0.39 is 23.6 Å². The summed E-state index contributed by atoms with van der Waals surface area (Å²) in [7, 11) is 0. The maximum atomic E-state index is 12.5. The van der Waals surface area contributed by atoms with Crippen LogP contribution in [0.2, 0.25) is 0 Å². The Morgan fingerprint density at radius 1 is 0.935 bits per heavy atom. The molecule has 0 aliphatic heterocycles. The van der Waals surface area contributed by atoms with Gasteiger partial charge in [-0.05, 0) is 98.1 Å². The molecule has 0 aliphatic carbocycles. The molecule has 0 fully saturated rings. The summed E-state index contributed by atoms with van der Waals surface area (Å²) < 4.78 is 44.7. The quantitative estimate of drug-likeness (QED) is 0.143. The van der Waals surface area contributed by atoms with E-state index in [-0.39, 0.29) is 45.1 Å². The summed E-state index contributed by atoms with van der Waals surface area (Å²) in [6, 6.07) is 19.8. The third-order valence-electron chi connectivity index (χ3n) is 6.62. The van der Waals surface area contributed by atoms with E-state index in [0.717, 1.165) is 16.8 Å². The maximum Gasteiger partial charge on any atom is 0.446 e. The Hall–Kier alpha value is -4.95. The Bertz CT molecular complexity index is 1800. The van der Waals surface area contributed by atoms with E-state index in [1.54, 1.807) is 6.92 Å². The predicted molar refractivity (Wildman–Crippen MR) is 164 cm³/mol. The van der Waals surface area contributed by atoms with E-state index in [2.05, 4.69) is 15.2 Å². The van der Waals surface area contributed by atoms with Gasteiger partial charge in [-0.1, -0.05) is 35.5 Å². The van der Waals surface area contributed by atoms with E-state index in [1.807, 2.05) is 41.9 Å². The van der Waals surface area contributed by atoms with Crippen molar-refractivity contribution in [3.8, 4) is 23.0 Å². The van der Waals surface area contributed by atoms with Gasteiger partial charge in [0.15, 0.2) is 5.69 Å². The number of nitrogens with zero attached hydrogens (tertiary/aromatic N) is 4. The average Bonchev–Trinajstić information content (AvgIpc) is 3.60. The van der Waals surface area contributed by atoms with Gasteiger partial charge >= 0.3 is 17.4 Å². The second kappa shape index (κ2) is 14.4. The van der Waals surface area contributed by atoms with Crippen LogP contribution < -0.4 is 0 Å². The number of aryl methyl sites for hydroxylation is 1. The number of aliphatic hydroxyl groups excluding tert-OH is 1. The van der Waals surface area contributed by atoms with E-state index in [9.17, 15) is 27.9 Å². The van der Waals surface area contributed by atoms with Crippen molar-refractivity contribution in [3.63, 3.8) is 0 Å². The molecule has 1 atom stereocenters. The standard InChI is InChI=1S/C23H21F3N4O2S.C9H8O4/c1-14-10-20(28-30(14)13-17-5-3-4-16(12-17)11-15(2)31)22-27-21(29-32-22)18-6-8-19(9-7-18)33-23(24,25)26;1-5-6(8(10)11)3-2-4-7(5)9(12)13/h3-10,12,15,31H,11,13H2,1-2H3;2-4H,1H3,(H,10,11)(H,12,13). The second-order valence-electron chi connectivity index (χ2n) is 10.3. The van der Waals surface area contributed by atoms with Crippen molar-refractivity contribution >= 4 is 23.7 Å². The summed E-state index contributed by atoms with van der Waals surface area (Å²) in [6.07, 6.45) is 0.169. The molecular formula is C32H29F3N4O6S. The van der Waals surface area contributed by atoms with Crippen LogP contribution in [0.25, 0.3) is 23.0 Å². The highest BCUT2D eigenvalue weighted by Crippen LogP contribution is 2.37. The lowest BCUT2D eigenvalue weighted by atomic mass is 10.0. The molecule has 0 aliphatic rings. The molecule has 10 nitrogen and oxygen atoms in total. The topological polar surface area (TPSA) is 152 Å². The fourth-order valence-electron chi connectivity index (χ4n) is 4.49. The van der Waals surface area contributed by atoms with Crippen LogP contribution in [0.5, 0.6) is 0 Å². The van der Waals surface area contributed by atoms with Gasteiger partial charge in [-0.3, -0.25) is 4.68 Å². The average molecular weight is 655 g/mol. The molecule has 46 heavy (non-hydrogen) atoms. The Morgan fingerprint density at radius 3 is 2.13 bits per heavy atom. The molecule has 240 valence electrons. The monoisotopic (exact) mass is 654 g/mol. The van der Waals surface area contributed by atoms with Crippen molar-refractivity contribution in [2.75, 3.05) is 0 Å². The number of benzene rings is 3. The van der Waals surface area contributed by atoms with Crippen LogP contribution in [0.15, 0.2) is 82.2 Å². The molecule has 2 aromatic heterocycles. The molecule has 3 aromatic carbocycles. The number of aromatic nitrogens is 4. The van der Waals surface area contributed by atoms with E-state index in [0.29, 0.717) is 24.2 Å². The summed E-state index contributed by atoms with van der Waals surface area (Å²) >= 11 is -0.174. The van der Waals surface area contributed by atoms with Gasteiger partial charge in [0.05, 0.1) is 23.8 Å². The Morgan fingerprint density at radius 2 is 1.54 bits per heavy atom. The number of aromatic carboxylic acids is 2. The largest absolute Gasteiger partial charge is 0.478 e. The van der Waals surface area contributed by atoms with Gasteiger partial charge < -0.3 is 19.8 Å². The van der Waals surface area contributed by atoms with Crippen LogP contribution >= 0.6 is 11.8 Å². The van der Waals surface area contributed by atoms with Crippen LogP contribution in [0.3, 0.4) is 0 Å². The fourth-order valence-corrected chi connectivity index (χ4v) is 5.03. The number of rotatable bonds is 9. The lowest BCUT2D eigenvalue weighted by Gasteiger charge is -2.08. The van der Waals surface area contributed by atoms with Crippen molar-refractivity contribution in [1.29, 1.82) is 0 Å². The summed E-state index contributed by atoms with van der Waals surface area (Å²) in [5.41, 5.74) is 0.0539. The second-order valence-corrected chi connectivity index (χ2v) is 11.4. The molecule has 5 rings (SSSR count). The highest BCUT2D eigenvalue weighted by Gasteiger charge is 2.29. The Labute approximate surface area is 265 Å². The van der Waals surface area contributed by atoms with Crippen molar-refractivity contribution in [2.45, 2.75) is 50.2 Å².